The fourth-order valence-electron chi connectivity index (χ4n) is 1.59. The first-order valence-electron chi connectivity index (χ1n) is 6.36. The number of nitrogens with two attached hydrogens (primary N) is 1. The predicted octanol–water partition coefficient (Wildman–Crippen LogP) is 4.37. The quantitative estimate of drug-likeness (QED) is 0.509. The molecule has 0 fully saturated rings. The smallest absolute Gasteiger partial charge is 0.386 e. The van der Waals surface area contributed by atoms with Gasteiger partial charge in [0.25, 0.3) is 0 Å². The summed E-state index contributed by atoms with van der Waals surface area (Å²) in [6.45, 7) is 2.07. The zero-order valence-corrected chi connectivity index (χ0v) is 12.1. The van der Waals surface area contributed by atoms with Crippen LogP contribution in [-0.2, 0) is 0 Å². The molecule has 2 aromatic rings. The average molecular weight is 311 g/mol. The van der Waals surface area contributed by atoms with Crippen molar-refractivity contribution in [1.29, 1.82) is 0 Å². The predicted molar refractivity (Wildman–Crippen MR) is 78.7 cm³/mol. The SMILES string of the molecule is CC(F)(F)F.Cc1cc(N)cc(C(=O)Oc2ccccc2)c1. The molecule has 2 rings (SSSR count). The van der Waals surface area contributed by atoms with Gasteiger partial charge < -0.3 is 10.5 Å². The van der Waals surface area contributed by atoms with Crippen LogP contribution in [0.5, 0.6) is 5.75 Å². The number of esters is 1. The van der Waals surface area contributed by atoms with Gasteiger partial charge in [-0.1, -0.05) is 18.2 Å². The molecule has 0 atom stereocenters. The summed E-state index contributed by atoms with van der Waals surface area (Å²) in [5, 5.41) is 0. The minimum absolute atomic E-state index is 0.188. The molecule has 3 nitrogen and oxygen atoms in total. The lowest BCUT2D eigenvalue weighted by atomic mass is 10.1. The monoisotopic (exact) mass is 311 g/mol. The summed E-state index contributed by atoms with van der Waals surface area (Å²) in [5.41, 5.74) is 7.64. The van der Waals surface area contributed by atoms with E-state index in [9.17, 15) is 18.0 Å². The van der Waals surface area contributed by atoms with Crippen molar-refractivity contribution in [3.8, 4) is 5.75 Å². The summed E-state index contributed by atoms with van der Waals surface area (Å²) in [6, 6.07) is 14.1. The number of halogens is 3. The Balaban J connectivity index is 0.000000422. The Morgan fingerprint density at radius 3 is 2.14 bits per heavy atom. The maximum Gasteiger partial charge on any atom is 0.386 e. The summed E-state index contributed by atoms with van der Waals surface area (Å²) >= 11 is 0. The van der Waals surface area contributed by atoms with Crippen LogP contribution in [0.1, 0.15) is 22.8 Å². The third kappa shape index (κ3) is 7.33. The van der Waals surface area contributed by atoms with Crippen LogP contribution >= 0.6 is 0 Å². The van der Waals surface area contributed by atoms with Crippen LogP contribution in [0.2, 0.25) is 0 Å². The Hall–Kier alpha value is -2.50. The van der Waals surface area contributed by atoms with Gasteiger partial charge in [0, 0.05) is 12.6 Å². The number of hydrogen-bond acceptors (Lipinski definition) is 3. The zero-order valence-electron chi connectivity index (χ0n) is 12.1. The van der Waals surface area contributed by atoms with E-state index in [4.69, 9.17) is 10.5 Å². The van der Waals surface area contributed by atoms with Crippen LogP contribution in [0.15, 0.2) is 48.5 Å². The molecule has 0 radical (unpaired) electrons. The average Bonchev–Trinajstić information content (AvgIpc) is 2.36. The number of carbonyl (C=O) groups is 1. The van der Waals surface area contributed by atoms with E-state index in [1.165, 1.54) is 0 Å². The number of nitrogen functional groups attached to an aromatic ring is 1. The normalized spacial score (nSPS) is 10.4. The van der Waals surface area contributed by atoms with E-state index < -0.39 is 12.1 Å². The van der Waals surface area contributed by atoms with E-state index in [2.05, 4.69) is 0 Å². The summed E-state index contributed by atoms with van der Waals surface area (Å²) < 4.78 is 36.3. The molecule has 0 bridgehead atoms. The second kappa shape index (κ2) is 7.49. The fourth-order valence-corrected chi connectivity index (χ4v) is 1.59. The summed E-state index contributed by atoms with van der Waals surface area (Å²) in [7, 11) is 0. The molecule has 0 heterocycles. The van der Waals surface area contributed by atoms with Crippen LogP contribution in [-0.4, -0.2) is 12.1 Å². The van der Waals surface area contributed by atoms with Gasteiger partial charge in [-0.3, -0.25) is 0 Å². The summed E-state index contributed by atoms with van der Waals surface area (Å²) in [4.78, 5) is 11.8. The third-order valence-corrected chi connectivity index (χ3v) is 2.29. The van der Waals surface area contributed by atoms with Crippen LogP contribution in [0.25, 0.3) is 0 Å². The molecule has 0 aliphatic carbocycles. The Morgan fingerprint density at radius 1 is 1.09 bits per heavy atom. The number of hydrogen-bond donors (Lipinski definition) is 1. The van der Waals surface area contributed by atoms with E-state index in [0.717, 1.165) is 5.56 Å². The van der Waals surface area contributed by atoms with Gasteiger partial charge in [0.05, 0.1) is 5.56 Å². The molecular weight excluding hydrogens is 295 g/mol. The lowest BCUT2D eigenvalue weighted by Gasteiger charge is -2.05. The number of ether oxygens (including phenoxy) is 1. The van der Waals surface area contributed by atoms with Crippen molar-refractivity contribution in [2.24, 2.45) is 0 Å². The Bertz CT molecular complexity index is 599. The lowest BCUT2D eigenvalue weighted by molar-refractivity contribution is -0.110. The second-order valence-corrected chi connectivity index (χ2v) is 4.62. The molecule has 0 aromatic heterocycles. The molecule has 0 unspecified atom stereocenters. The maximum atomic E-state index is 11.8. The minimum atomic E-state index is -4.00. The first kappa shape index (κ1) is 17.6. The number of aryl methyl sites for hydroxylation is 1. The van der Waals surface area contributed by atoms with E-state index in [1.807, 2.05) is 25.1 Å². The van der Waals surface area contributed by atoms with Gasteiger partial charge in [0.15, 0.2) is 0 Å². The first-order chi connectivity index (χ1) is 10.1. The van der Waals surface area contributed by atoms with Crippen molar-refractivity contribution < 1.29 is 22.7 Å². The highest BCUT2D eigenvalue weighted by Gasteiger charge is 2.15. The fraction of sp³-hybridized carbons (Fsp3) is 0.188. The van der Waals surface area contributed by atoms with E-state index in [-0.39, 0.29) is 6.92 Å². The van der Waals surface area contributed by atoms with E-state index in [1.54, 1.807) is 30.3 Å². The minimum Gasteiger partial charge on any atom is -0.423 e. The molecule has 6 heteroatoms. The van der Waals surface area contributed by atoms with Gasteiger partial charge in [0.2, 0.25) is 0 Å². The summed E-state index contributed by atoms with van der Waals surface area (Å²) in [6.07, 6.45) is -4.00. The highest BCUT2D eigenvalue weighted by molar-refractivity contribution is 5.92. The van der Waals surface area contributed by atoms with Crippen LogP contribution < -0.4 is 10.5 Å². The van der Waals surface area contributed by atoms with Gasteiger partial charge in [-0.15, -0.1) is 0 Å². The highest BCUT2D eigenvalue weighted by atomic mass is 19.4. The first-order valence-corrected chi connectivity index (χ1v) is 6.36. The third-order valence-electron chi connectivity index (χ3n) is 2.29. The molecule has 0 aliphatic rings. The Kier molecular flexibility index (Phi) is 5.98. The molecular formula is C16H16F3NO2. The van der Waals surface area contributed by atoms with E-state index in [0.29, 0.717) is 17.0 Å². The van der Waals surface area contributed by atoms with Gasteiger partial charge in [0.1, 0.15) is 5.75 Å². The molecule has 22 heavy (non-hydrogen) atoms. The van der Waals surface area contributed by atoms with E-state index >= 15 is 0 Å². The highest BCUT2D eigenvalue weighted by Crippen LogP contribution is 2.15. The van der Waals surface area contributed by atoms with Gasteiger partial charge in [-0.2, -0.15) is 13.2 Å². The molecule has 0 saturated heterocycles. The molecule has 0 amide bonds. The number of para-hydroxylation sites is 1. The van der Waals surface area contributed by atoms with Gasteiger partial charge in [-0.25, -0.2) is 4.79 Å². The molecule has 2 aromatic carbocycles. The van der Waals surface area contributed by atoms with Crippen molar-refractivity contribution in [1.82, 2.24) is 0 Å². The lowest BCUT2D eigenvalue weighted by Crippen LogP contribution is -2.09. The molecule has 0 spiro atoms. The van der Waals surface area contributed by atoms with Crippen molar-refractivity contribution in [3.05, 3.63) is 59.7 Å². The number of alkyl halides is 3. The summed E-state index contributed by atoms with van der Waals surface area (Å²) in [5.74, 6) is 0.129. The molecule has 0 aliphatic heterocycles. The standard InChI is InChI=1S/C14H13NO2.C2H3F3/c1-10-7-11(9-12(15)8-10)14(16)17-13-5-3-2-4-6-13;1-2(3,4)5/h2-9H,15H2,1H3;1H3. The number of carbonyl (C=O) groups excluding carboxylic acids is 1. The van der Waals surface area contributed by atoms with Crippen molar-refractivity contribution >= 4 is 11.7 Å². The second-order valence-electron chi connectivity index (χ2n) is 4.62. The Morgan fingerprint density at radius 2 is 1.64 bits per heavy atom. The van der Waals surface area contributed by atoms with Crippen LogP contribution in [0.4, 0.5) is 18.9 Å². The number of benzene rings is 2. The number of rotatable bonds is 2. The maximum absolute atomic E-state index is 11.8. The zero-order chi connectivity index (χ0) is 16.8. The topological polar surface area (TPSA) is 52.3 Å². The Labute approximate surface area is 126 Å². The molecule has 118 valence electrons. The number of anilines is 1. The van der Waals surface area contributed by atoms with Gasteiger partial charge >= 0.3 is 12.1 Å². The van der Waals surface area contributed by atoms with Crippen molar-refractivity contribution in [2.75, 3.05) is 5.73 Å². The largest absolute Gasteiger partial charge is 0.423 e. The van der Waals surface area contributed by atoms with Crippen LogP contribution in [0, 0.1) is 6.92 Å². The molecule has 0 saturated carbocycles. The van der Waals surface area contributed by atoms with Gasteiger partial charge in [-0.05, 0) is 42.8 Å². The van der Waals surface area contributed by atoms with Crippen molar-refractivity contribution in [2.45, 2.75) is 20.0 Å². The van der Waals surface area contributed by atoms with Crippen molar-refractivity contribution in [3.63, 3.8) is 0 Å². The molecule has 2 N–H and O–H groups in total. The van der Waals surface area contributed by atoms with Crippen LogP contribution in [0.3, 0.4) is 0 Å².